The molecule has 1 saturated carbocycles. The summed E-state index contributed by atoms with van der Waals surface area (Å²) in [5.74, 6) is 0.523. The van der Waals surface area contributed by atoms with Gasteiger partial charge in [-0.15, -0.1) is 10.2 Å². The van der Waals surface area contributed by atoms with Crippen molar-refractivity contribution < 1.29 is 9.90 Å². The topological polar surface area (TPSA) is 68.0 Å². The van der Waals surface area contributed by atoms with Gasteiger partial charge in [-0.3, -0.25) is 4.79 Å². The van der Waals surface area contributed by atoms with E-state index in [-0.39, 0.29) is 0 Å². The van der Waals surface area contributed by atoms with E-state index >= 15 is 0 Å². The zero-order chi connectivity index (χ0) is 19.2. The van der Waals surface area contributed by atoms with Crippen LogP contribution in [0.3, 0.4) is 0 Å². The van der Waals surface area contributed by atoms with E-state index in [1.807, 2.05) is 4.57 Å². The highest BCUT2D eigenvalue weighted by molar-refractivity contribution is 9.10. The van der Waals surface area contributed by atoms with E-state index in [1.54, 1.807) is 13.8 Å². The van der Waals surface area contributed by atoms with Gasteiger partial charge >= 0.3 is 5.97 Å². The van der Waals surface area contributed by atoms with Crippen LogP contribution in [0.2, 0.25) is 0 Å². The fourth-order valence-electron chi connectivity index (χ4n) is 3.51. The molecule has 0 aliphatic heterocycles. The van der Waals surface area contributed by atoms with Crippen LogP contribution in [0, 0.1) is 5.41 Å². The summed E-state index contributed by atoms with van der Waals surface area (Å²) in [4.78, 5) is 11.5. The predicted octanol–water partition coefficient (Wildman–Crippen LogP) is 4.77. The molecule has 140 valence electrons. The van der Waals surface area contributed by atoms with Crippen LogP contribution in [0.5, 0.6) is 0 Å². The Bertz CT molecular complexity index is 1020. The minimum absolute atomic E-state index is 0.318. The molecule has 1 N–H and O–H groups in total. The maximum absolute atomic E-state index is 11.5. The third kappa shape index (κ3) is 3.50. The van der Waals surface area contributed by atoms with Crippen LogP contribution in [0.4, 0.5) is 0 Å². The van der Waals surface area contributed by atoms with Crippen molar-refractivity contribution in [2.75, 3.05) is 0 Å². The molecule has 1 aliphatic carbocycles. The van der Waals surface area contributed by atoms with Crippen molar-refractivity contribution in [2.45, 2.75) is 45.6 Å². The number of rotatable bonds is 6. The average Bonchev–Trinajstić information content (AvgIpc) is 3.42. The molecule has 3 aromatic rings. The maximum Gasteiger partial charge on any atom is 0.309 e. The second-order valence-corrected chi connectivity index (χ2v) is 8.68. The number of carboxylic acids is 1. The van der Waals surface area contributed by atoms with E-state index in [9.17, 15) is 9.90 Å². The first-order valence-corrected chi connectivity index (χ1v) is 9.97. The number of carboxylic acid groups (broad SMARTS) is 1. The van der Waals surface area contributed by atoms with Gasteiger partial charge < -0.3 is 9.67 Å². The van der Waals surface area contributed by atoms with Crippen molar-refractivity contribution in [3.63, 3.8) is 0 Å². The van der Waals surface area contributed by atoms with E-state index in [0.29, 0.717) is 29.4 Å². The van der Waals surface area contributed by atoms with Gasteiger partial charge in [-0.2, -0.15) is 0 Å². The standard InChI is InChI=1S/C21H22BrN3O2/c1-21(2,19(26)27)11-18-23-24-20(22)25(18)12-14-9-10-16(13-7-8-13)17-6-4-3-5-15(14)17/h3-6,9-10,13H,7-8,11-12H2,1-2H3,(H,26,27). The predicted molar refractivity (Wildman–Crippen MR) is 108 cm³/mol. The Kier molecular flexibility index (Phi) is 4.54. The molecule has 1 fully saturated rings. The molecule has 0 saturated heterocycles. The average molecular weight is 428 g/mol. The molecule has 0 atom stereocenters. The monoisotopic (exact) mass is 427 g/mol. The molecule has 5 nitrogen and oxygen atoms in total. The molecule has 2 aromatic carbocycles. The van der Waals surface area contributed by atoms with Crippen molar-refractivity contribution >= 4 is 32.7 Å². The Balaban J connectivity index is 1.72. The summed E-state index contributed by atoms with van der Waals surface area (Å²) in [6.07, 6.45) is 2.86. The molecule has 1 aliphatic rings. The maximum atomic E-state index is 11.5. The SMILES string of the molecule is CC(C)(Cc1nnc(Br)n1Cc1ccc(C2CC2)c2ccccc12)C(=O)O. The number of halogens is 1. The molecule has 0 radical (unpaired) electrons. The fraction of sp³-hybridized carbons (Fsp3) is 0.381. The van der Waals surface area contributed by atoms with Crippen LogP contribution in [-0.2, 0) is 17.8 Å². The highest BCUT2D eigenvalue weighted by Crippen LogP contribution is 2.43. The van der Waals surface area contributed by atoms with E-state index in [0.717, 1.165) is 0 Å². The Morgan fingerprint density at radius 1 is 1.19 bits per heavy atom. The van der Waals surface area contributed by atoms with Crippen molar-refractivity contribution in [3.8, 4) is 0 Å². The van der Waals surface area contributed by atoms with Crippen LogP contribution in [0.1, 0.15) is 49.6 Å². The first kappa shape index (κ1) is 18.2. The van der Waals surface area contributed by atoms with Crippen molar-refractivity contribution in [1.29, 1.82) is 0 Å². The molecule has 4 rings (SSSR count). The minimum Gasteiger partial charge on any atom is -0.481 e. The first-order valence-electron chi connectivity index (χ1n) is 9.18. The number of hydrogen-bond acceptors (Lipinski definition) is 3. The highest BCUT2D eigenvalue weighted by Gasteiger charge is 2.30. The zero-order valence-corrected chi connectivity index (χ0v) is 17.0. The number of fused-ring (bicyclic) bond motifs is 1. The van der Waals surface area contributed by atoms with E-state index in [1.165, 1.54) is 34.7 Å². The lowest BCUT2D eigenvalue weighted by Gasteiger charge is -2.19. The Morgan fingerprint density at radius 3 is 2.56 bits per heavy atom. The van der Waals surface area contributed by atoms with Gasteiger partial charge in [0.1, 0.15) is 5.82 Å². The lowest BCUT2D eigenvalue weighted by molar-refractivity contribution is -0.146. The Labute approximate surface area is 166 Å². The highest BCUT2D eigenvalue weighted by atomic mass is 79.9. The number of aliphatic carboxylic acids is 1. The molecular weight excluding hydrogens is 406 g/mol. The van der Waals surface area contributed by atoms with Crippen molar-refractivity contribution in [2.24, 2.45) is 5.41 Å². The third-order valence-corrected chi connectivity index (χ3v) is 5.94. The van der Waals surface area contributed by atoms with Crippen molar-refractivity contribution in [3.05, 3.63) is 58.1 Å². The summed E-state index contributed by atoms with van der Waals surface area (Å²) in [7, 11) is 0. The molecule has 0 unspecified atom stereocenters. The first-order chi connectivity index (χ1) is 12.9. The summed E-state index contributed by atoms with van der Waals surface area (Å²) in [5.41, 5.74) is 1.72. The Hall–Kier alpha value is -2.21. The van der Waals surface area contributed by atoms with Gasteiger partial charge in [0, 0.05) is 6.42 Å². The summed E-state index contributed by atoms with van der Waals surface area (Å²) in [6.45, 7) is 4.02. The lowest BCUT2D eigenvalue weighted by atomic mass is 9.89. The quantitative estimate of drug-likeness (QED) is 0.614. The normalized spacial score (nSPS) is 14.6. The molecule has 27 heavy (non-hydrogen) atoms. The number of nitrogens with zero attached hydrogens (tertiary/aromatic N) is 3. The van der Waals surface area contributed by atoms with E-state index in [2.05, 4.69) is 62.5 Å². The number of aromatic nitrogens is 3. The van der Waals surface area contributed by atoms with Crippen molar-refractivity contribution in [1.82, 2.24) is 14.8 Å². The van der Waals surface area contributed by atoms with Gasteiger partial charge in [0.05, 0.1) is 12.0 Å². The number of carbonyl (C=O) groups is 1. The number of hydrogen-bond donors (Lipinski definition) is 1. The molecular formula is C21H22BrN3O2. The third-order valence-electron chi connectivity index (χ3n) is 5.35. The summed E-state index contributed by atoms with van der Waals surface area (Å²) in [5, 5.41) is 20.4. The van der Waals surface area contributed by atoms with Gasteiger partial charge in [-0.05, 0) is 70.4 Å². The smallest absolute Gasteiger partial charge is 0.309 e. The van der Waals surface area contributed by atoms with E-state index < -0.39 is 11.4 Å². The van der Waals surface area contributed by atoms with Gasteiger partial charge in [0.15, 0.2) is 4.73 Å². The molecule has 0 spiro atoms. The minimum atomic E-state index is -0.901. The summed E-state index contributed by atoms with van der Waals surface area (Å²) < 4.78 is 2.58. The summed E-state index contributed by atoms with van der Waals surface area (Å²) >= 11 is 3.47. The summed E-state index contributed by atoms with van der Waals surface area (Å²) in [6, 6.07) is 13.0. The second kappa shape index (κ2) is 6.75. The molecule has 1 aromatic heterocycles. The molecule has 0 amide bonds. The molecule has 1 heterocycles. The van der Waals surface area contributed by atoms with Crippen LogP contribution in [0.25, 0.3) is 10.8 Å². The Morgan fingerprint density at radius 2 is 1.89 bits per heavy atom. The lowest BCUT2D eigenvalue weighted by Crippen LogP contribution is -2.28. The largest absolute Gasteiger partial charge is 0.481 e. The van der Waals surface area contributed by atoms with Gasteiger partial charge in [-0.25, -0.2) is 0 Å². The van der Waals surface area contributed by atoms with Crippen LogP contribution >= 0.6 is 15.9 Å². The van der Waals surface area contributed by atoms with Gasteiger partial charge in [0.25, 0.3) is 0 Å². The zero-order valence-electron chi connectivity index (χ0n) is 15.4. The van der Waals surface area contributed by atoms with Gasteiger partial charge in [0.2, 0.25) is 0 Å². The number of benzene rings is 2. The van der Waals surface area contributed by atoms with E-state index in [4.69, 9.17) is 0 Å². The van der Waals surface area contributed by atoms with Crippen LogP contribution < -0.4 is 0 Å². The molecule has 0 bridgehead atoms. The van der Waals surface area contributed by atoms with Gasteiger partial charge in [-0.1, -0.05) is 36.4 Å². The second-order valence-electron chi connectivity index (χ2n) is 7.97. The van der Waals surface area contributed by atoms with Crippen LogP contribution in [-0.4, -0.2) is 25.8 Å². The van der Waals surface area contributed by atoms with Crippen LogP contribution in [0.15, 0.2) is 41.1 Å². The fourth-order valence-corrected chi connectivity index (χ4v) is 3.92. The molecule has 6 heteroatoms.